The topological polar surface area (TPSA) is 74.0 Å². The molecule has 6 heteroatoms. The van der Waals surface area contributed by atoms with E-state index in [1.165, 1.54) is 0 Å². The molecular weight excluding hydrogens is 350 g/mol. The highest BCUT2D eigenvalue weighted by Crippen LogP contribution is 2.20. The summed E-state index contributed by atoms with van der Waals surface area (Å²) in [5.74, 6) is 0.0127. The molecule has 6 nitrogen and oxygen atoms in total. The second-order valence-electron chi connectivity index (χ2n) is 8.12. The van der Waals surface area contributed by atoms with Crippen molar-refractivity contribution in [2.75, 3.05) is 13.1 Å². The molecule has 0 spiro atoms. The van der Waals surface area contributed by atoms with Gasteiger partial charge in [0.2, 0.25) is 5.91 Å². The van der Waals surface area contributed by atoms with Gasteiger partial charge in [0.15, 0.2) is 0 Å². The Kier molecular flexibility index (Phi) is 6.15. The number of nitriles is 1. The molecule has 148 valence electrons. The van der Waals surface area contributed by atoms with Crippen LogP contribution >= 0.6 is 0 Å². The minimum absolute atomic E-state index is 0.0127. The molecule has 0 aliphatic carbocycles. The second kappa shape index (κ2) is 8.57. The molecule has 1 amide bonds. The first-order valence-electron chi connectivity index (χ1n) is 9.93. The van der Waals surface area contributed by atoms with Gasteiger partial charge < -0.3 is 10.2 Å². The fourth-order valence-electron chi connectivity index (χ4n) is 3.58. The SMILES string of the molecule is Cc1cc(-c2ccccc2)nn1CCC(C)(C)NCC(=O)N1CCCC1C#N. The lowest BCUT2D eigenvalue weighted by molar-refractivity contribution is -0.130. The summed E-state index contributed by atoms with van der Waals surface area (Å²) in [4.78, 5) is 14.1. The lowest BCUT2D eigenvalue weighted by Gasteiger charge is -2.28. The largest absolute Gasteiger partial charge is 0.326 e. The van der Waals surface area contributed by atoms with Crippen molar-refractivity contribution < 1.29 is 4.79 Å². The van der Waals surface area contributed by atoms with Crippen LogP contribution < -0.4 is 5.32 Å². The average Bonchev–Trinajstić information content (AvgIpc) is 3.32. The van der Waals surface area contributed by atoms with E-state index in [4.69, 9.17) is 10.4 Å². The van der Waals surface area contributed by atoms with Crippen LogP contribution in [0.25, 0.3) is 11.3 Å². The Morgan fingerprint density at radius 2 is 2.11 bits per heavy atom. The molecule has 1 atom stereocenters. The summed E-state index contributed by atoms with van der Waals surface area (Å²) >= 11 is 0. The maximum atomic E-state index is 12.4. The van der Waals surface area contributed by atoms with E-state index in [2.05, 4.69) is 50.4 Å². The van der Waals surface area contributed by atoms with E-state index >= 15 is 0 Å². The predicted octanol–water partition coefficient (Wildman–Crippen LogP) is 3.13. The van der Waals surface area contributed by atoms with Crippen LogP contribution in [0.4, 0.5) is 0 Å². The van der Waals surface area contributed by atoms with Crippen LogP contribution in [0.1, 0.15) is 38.8 Å². The van der Waals surface area contributed by atoms with Crippen LogP contribution in [0.2, 0.25) is 0 Å². The fraction of sp³-hybridized carbons (Fsp3) is 0.500. The molecule has 3 rings (SSSR count). The van der Waals surface area contributed by atoms with Crippen LogP contribution in [-0.4, -0.2) is 45.3 Å². The van der Waals surface area contributed by atoms with Gasteiger partial charge in [-0.2, -0.15) is 10.4 Å². The van der Waals surface area contributed by atoms with Gasteiger partial charge >= 0.3 is 0 Å². The number of aryl methyl sites for hydroxylation is 2. The van der Waals surface area contributed by atoms with E-state index in [0.717, 1.165) is 42.8 Å². The maximum absolute atomic E-state index is 12.4. The van der Waals surface area contributed by atoms with E-state index in [0.29, 0.717) is 6.54 Å². The van der Waals surface area contributed by atoms with Gasteiger partial charge in [0, 0.05) is 29.9 Å². The summed E-state index contributed by atoms with van der Waals surface area (Å²) in [7, 11) is 0. The second-order valence-corrected chi connectivity index (χ2v) is 8.12. The van der Waals surface area contributed by atoms with Gasteiger partial charge in [-0.15, -0.1) is 0 Å². The van der Waals surface area contributed by atoms with Crippen molar-refractivity contribution in [1.29, 1.82) is 5.26 Å². The van der Waals surface area contributed by atoms with E-state index in [1.807, 2.05) is 22.9 Å². The zero-order chi connectivity index (χ0) is 20.1. The quantitative estimate of drug-likeness (QED) is 0.802. The lowest BCUT2D eigenvalue weighted by atomic mass is 10.0. The first-order valence-corrected chi connectivity index (χ1v) is 9.93. The summed E-state index contributed by atoms with van der Waals surface area (Å²) < 4.78 is 2.03. The highest BCUT2D eigenvalue weighted by Gasteiger charge is 2.29. The smallest absolute Gasteiger partial charge is 0.237 e. The normalized spacial score (nSPS) is 16.9. The fourth-order valence-corrected chi connectivity index (χ4v) is 3.58. The van der Waals surface area contributed by atoms with Crippen molar-refractivity contribution >= 4 is 5.91 Å². The molecule has 1 saturated heterocycles. The standard InChI is InChI=1S/C22H29N5O/c1-17-14-20(18-8-5-4-6-9-18)25-27(17)13-11-22(2,3)24-16-21(28)26-12-7-10-19(26)15-23/h4-6,8-9,14,19,24H,7,10-13,16H2,1-3H3. The molecule has 1 fully saturated rings. The summed E-state index contributed by atoms with van der Waals surface area (Å²) in [6.45, 7) is 7.99. The number of aromatic nitrogens is 2. The van der Waals surface area contributed by atoms with Crippen LogP contribution in [0, 0.1) is 18.3 Å². The molecule has 0 saturated carbocycles. The summed E-state index contributed by atoms with van der Waals surface area (Å²) in [6.07, 6.45) is 2.54. The molecule has 2 heterocycles. The van der Waals surface area contributed by atoms with Crippen LogP contribution in [0.5, 0.6) is 0 Å². The van der Waals surface area contributed by atoms with Crippen molar-refractivity contribution in [1.82, 2.24) is 20.0 Å². The maximum Gasteiger partial charge on any atom is 0.237 e. The Bertz CT molecular complexity index is 850. The van der Waals surface area contributed by atoms with Crippen molar-refractivity contribution in [2.24, 2.45) is 0 Å². The number of likely N-dealkylation sites (tertiary alicyclic amines) is 1. The highest BCUT2D eigenvalue weighted by atomic mass is 16.2. The number of hydrogen-bond donors (Lipinski definition) is 1. The van der Waals surface area contributed by atoms with E-state index in [9.17, 15) is 4.79 Å². The Hall–Kier alpha value is -2.65. The Balaban J connectivity index is 1.54. The molecule has 1 aliphatic rings. The first kappa shape index (κ1) is 20.1. The van der Waals surface area contributed by atoms with Gasteiger partial charge in [-0.05, 0) is 46.1 Å². The van der Waals surface area contributed by atoms with Gasteiger partial charge in [0.1, 0.15) is 6.04 Å². The summed E-state index contributed by atoms with van der Waals surface area (Å²) in [5.41, 5.74) is 3.02. The van der Waals surface area contributed by atoms with Gasteiger partial charge in [0.25, 0.3) is 0 Å². The Morgan fingerprint density at radius 3 is 2.82 bits per heavy atom. The third-order valence-electron chi connectivity index (χ3n) is 5.44. The lowest BCUT2D eigenvalue weighted by Crippen LogP contribution is -2.48. The minimum atomic E-state index is -0.263. The van der Waals surface area contributed by atoms with E-state index in [1.54, 1.807) is 4.90 Å². The van der Waals surface area contributed by atoms with Crippen molar-refractivity contribution in [3.8, 4) is 17.3 Å². The average molecular weight is 380 g/mol. The highest BCUT2D eigenvalue weighted by molar-refractivity contribution is 5.79. The number of benzene rings is 1. The summed E-state index contributed by atoms with van der Waals surface area (Å²) in [5, 5.41) is 17.3. The number of nitrogens with zero attached hydrogens (tertiary/aromatic N) is 4. The molecular formula is C22H29N5O. The number of carbonyl (C=O) groups excluding carboxylic acids is 1. The van der Waals surface area contributed by atoms with Crippen LogP contribution in [0.15, 0.2) is 36.4 Å². The van der Waals surface area contributed by atoms with Gasteiger partial charge in [0.05, 0.1) is 18.3 Å². The van der Waals surface area contributed by atoms with Crippen molar-refractivity contribution in [2.45, 2.75) is 58.2 Å². The number of rotatable bonds is 7. The number of nitrogens with one attached hydrogen (secondary N) is 1. The third-order valence-corrected chi connectivity index (χ3v) is 5.44. The van der Waals surface area contributed by atoms with Gasteiger partial charge in [-0.1, -0.05) is 30.3 Å². The van der Waals surface area contributed by atoms with E-state index < -0.39 is 0 Å². The molecule has 1 unspecified atom stereocenters. The zero-order valence-electron chi connectivity index (χ0n) is 17.0. The molecule has 1 aliphatic heterocycles. The molecule has 1 aromatic heterocycles. The number of amides is 1. The first-order chi connectivity index (χ1) is 13.4. The van der Waals surface area contributed by atoms with Crippen LogP contribution in [-0.2, 0) is 11.3 Å². The molecule has 0 radical (unpaired) electrons. The third kappa shape index (κ3) is 4.79. The number of carbonyl (C=O) groups is 1. The molecule has 1 N–H and O–H groups in total. The van der Waals surface area contributed by atoms with Crippen LogP contribution in [0.3, 0.4) is 0 Å². The minimum Gasteiger partial charge on any atom is -0.326 e. The van der Waals surface area contributed by atoms with Gasteiger partial charge in [-0.25, -0.2) is 0 Å². The number of hydrogen-bond acceptors (Lipinski definition) is 4. The van der Waals surface area contributed by atoms with Crippen molar-refractivity contribution in [3.05, 3.63) is 42.1 Å². The molecule has 1 aromatic carbocycles. The Morgan fingerprint density at radius 1 is 1.36 bits per heavy atom. The Labute approximate surface area is 167 Å². The predicted molar refractivity (Wildman–Crippen MR) is 109 cm³/mol. The molecule has 28 heavy (non-hydrogen) atoms. The van der Waals surface area contributed by atoms with Gasteiger partial charge in [-0.3, -0.25) is 9.48 Å². The molecule has 2 aromatic rings. The van der Waals surface area contributed by atoms with Crippen molar-refractivity contribution in [3.63, 3.8) is 0 Å². The summed E-state index contributed by atoms with van der Waals surface area (Å²) in [6, 6.07) is 14.2. The zero-order valence-corrected chi connectivity index (χ0v) is 17.0. The monoisotopic (exact) mass is 379 g/mol. The molecule has 0 bridgehead atoms. The van der Waals surface area contributed by atoms with E-state index in [-0.39, 0.29) is 24.0 Å².